The van der Waals surface area contributed by atoms with Crippen LogP contribution in [-0.4, -0.2) is 16.7 Å². The molecular formula is C18H25NO3. The van der Waals surface area contributed by atoms with E-state index < -0.39 is 6.29 Å². The van der Waals surface area contributed by atoms with Crippen molar-refractivity contribution >= 4 is 0 Å². The third-order valence-electron chi connectivity index (χ3n) is 3.75. The predicted molar refractivity (Wildman–Crippen MR) is 86.5 cm³/mol. The van der Waals surface area contributed by atoms with Crippen molar-refractivity contribution in [3.05, 3.63) is 46.3 Å². The van der Waals surface area contributed by atoms with E-state index in [0.717, 1.165) is 24.0 Å². The van der Waals surface area contributed by atoms with E-state index in [1.54, 1.807) is 13.1 Å². The normalized spacial score (nSPS) is 17.5. The molecule has 0 aliphatic carbocycles. The number of fused-ring (bicyclic) bond motifs is 1. The third-order valence-corrected chi connectivity index (χ3v) is 3.75. The van der Waals surface area contributed by atoms with E-state index in [9.17, 15) is 5.11 Å². The van der Waals surface area contributed by atoms with Crippen LogP contribution in [0, 0.1) is 6.92 Å². The zero-order valence-electron chi connectivity index (χ0n) is 13.8. The van der Waals surface area contributed by atoms with E-state index in [-0.39, 0.29) is 5.75 Å². The largest absolute Gasteiger partial charge is 0.506 e. The summed E-state index contributed by atoms with van der Waals surface area (Å²) in [6.07, 6.45) is 7.64. The SMILES string of the molecule is CC(C)=CCCC(C)=CCOC1OCc2cnc(C)c(O)c21. The first-order valence-electron chi connectivity index (χ1n) is 7.68. The molecule has 0 fully saturated rings. The molecule has 0 bridgehead atoms. The Labute approximate surface area is 132 Å². The number of aromatic hydroxyl groups is 1. The summed E-state index contributed by atoms with van der Waals surface area (Å²) in [4.78, 5) is 4.14. The Morgan fingerprint density at radius 3 is 2.91 bits per heavy atom. The topological polar surface area (TPSA) is 51.6 Å². The van der Waals surface area contributed by atoms with E-state index in [4.69, 9.17) is 9.47 Å². The molecule has 4 nitrogen and oxygen atoms in total. The first-order valence-corrected chi connectivity index (χ1v) is 7.68. The number of hydrogen-bond donors (Lipinski definition) is 1. The minimum atomic E-state index is -0.501. The zero-order valence-corrected chi connectivity index (χ0v) is 13.8. The van der Waals surface area contributed by atoms with Gasteiger partial charge in [-0.2, -0.15) is 0 Å². The lowest BCUT2D eigenvalue weighted by molar-refractivity contribution is -0.130. The number of aryl methyl sites for hydroxylation is 1. The molecule has 1 N–H and O–H groups in total. The number of rotatable bonds is 6. The van der Waals surface area contributed by atoms with Crippen molar-refractivity contribution < 1.29 is 14.6 Å². The summed E-state index contributed by atoms with van der Waals surface area (Å²) in [7, 11) is 0. The van der Waals surface area contributed by atoms with Crippen LogP contribution < -0.4 is 0 Å². The van der Waals surface area contributed by atoms with Crippen LogP contribution in [-0.2, 0) is 16.1 Å². The van der Waals surface area contributed by atoms with Crippen LogP contribution in [0.1, 0.15) is 56.7 Å². The van der Waals surface area contributed by atoms with Crippen molar-refractivity contribution in [3.8, 4) is 5.75 Å². The van der Waals surface area contributed by atoms with Crippen molar-refractivity contribution in [2.45, 2.75) is 53.4 Å². The molecule has 0 saturated heterocycles. The first kappa shape index (κ1) is 16.7. The van der Waals surface area contributed by atoms with Gasteiger partial charge in [0.15, 0.2) is 6.29 Å². The summed E-state index contributed by atoms with van der Waals surface area (Å²) in [5, 5.41) is 10.1. The molecule has 22 heavy (non-hydrogen) atoms. The van der Waals surface area contributed by atoms with E-state index in [0.29, 0.717) is 18.9 Å². The van der Waals surface area contributed by atoms with E-state index in [2.05, 4.69) is 37.9 Å². The Hall–Kier alpha value is -1.65. The predicted octanol–water partition coefficient (Wildman–Crippen LogP) is 4.33. The lowest BCUT2D eigenvalue weighted by Crippen LogP contribution is -2.04. The van der Waals surface area contributed by atoms with Gasteiger partial charge >= 0.3 is 0 Å². The second kappa shape index (κ2) is 7.56. The molecule has 2 rings (SSSR count). The Kier molecular flexibility index (Phi) is 5.75. The average Bonchev–Trinajstić information content (AvgIpc) is 2.86. The molecular weight excluding hydrogens is 278 g/mol. The van der Waals surface area contributed by atoms with Gasteiger partial charge in [-0.05, 0) is 40.5 Å². The van der Waals surface area contributed by atoms with Crippen LogP contribution in [0.2, 0.25) is 0 Å². The molecule has 1 aliphatic heterocycles. The van der Waals surface area contributed by atoms with Crippen LogP contribution in [0.3, 0.4) is 0 Å². The fourth-order valence-corrected chi connectivity index (χ4v) is 2.38. The maximum Gasteiger partial charge on any atom is 0.188 e. The first-order chi connectivity index (χ1) is 10.5. The molecule has 120 valence electrons. The molecule has 2 heterocycles. The van der Waals surface area contributed by atoms with Crippen molar-refractivity contribution in [1.29, 1.82) is 0 Å². The van der Waals surface area contributed by atoms with Gasteiger partial charge in [0.1, 0.15) is 5.75 Å². The molecule has 1 atom stereocenters. The lowest BCUT2D eigenvalue weighted by Gasteiger charge is -2.13. The molecule has 0 aromatic carbocycles. The second-order valence-electron chi connectivity index (χ2n) is 5.98. The van der Waals surface area contributed by atoms with Crippen molar-refractivity contribution in [2.75, 3.05) is 6.61 Å². The fourth-order valence-electron chi connectivity index (χ4n) is 2.38. The summed E-state index contributed by atoms with van der Waals surface area (Å²) >= 11 is 0. The van der Waals surface area contributed by atoms with Crippen LogP contribution in [0.4, 0.5) is 0 Å². The van der Waals surface area contributed by atoms with Crippen molar-refractivity contribution in [2.24, 2.45) is 0 Å². The number of aromatic nitrogens is 1. The minimum absolute atomic E-state index is 0.184. The summed E-state index contributed by atoms with van der Waals surface area (Å²) in [6, 6.07) is 0. The van der Waals surface area contributed by atoms with Crippen molar-refractivity contribution in [1.82, 2.24) is 4.98 Å². The van der Waals surface area contributed by atoms with Gasteiger partial charge in [-0.3, -0.25) is 4.98 Å². The van der Waals surface area contributed by atoms with Gasteiger partial charge in [-0.25, -0.2) is 0 Å². The Morgan fingerprint density at radius 2 is 2.18 bits per heavy atom. The molecule has 1 unspecified atom stereocenters. The monoisotopic (exact) mass is 303 g/mol. The molecule has 1 aromatic heterocycles. The van der Waals surface area contributed by atoms with Crippen LogP contribution in [0.25, 0.3) is 0 Å². The van der Waals surface area contributed by atoms with E-state index >= 15 is 0 Å². The highest BCUT2D eigenvalue weighted by atomic mass is 16.7. The summed E-state index contributed by atoms with van der Waals surface area (Å²) in [6.45, 7) is 9.02. The molecule has 1 aliphatic rings. The fraction of sp³-hybridized carbons (Fsp3) is 0.500. The smallest absolute Gasteiger partial charge is 0.188 e. The van der Waals surface area contributed by atoms with Gasteiger partial charge in [0, 0.05) is 11.8 Å². The quantitative estimate of drug-likeness (QED) is 0.795. The van der Waals surface area contributed by atoms with Gasteiger partial charge in [0.2, 0.25) is 0 Å². The minimum Gasteiger partial charge on any atom is -0.506 e. The summed E-state index contributed by atoms with van der Waals surface area (Å²) in [5.41, 5.74) is 4.87. The highest BCUT2D eigenvalue weighted by Crippen LogP contribution is 2.38. The van der Waals surface area contributed by atoms with Gasteiger partial charge in [0.25, 0.3) is 0 Å². The lowest BCUT2D eigenvalue weighted by atomic mass is 10.1. The van der Waals surface area contributed by atoms with Gasteiger partial charge in [-0.1, -0.05) is 23.3 Å². The Bertz CT molecular complexity index is 586. The number of ether oxygens (including phenoxy) is 2. The molecule has 4 heteroatoms. The second-order valence-corrected chi connectivity index (χ2v) is 5.98. The van der Waals surface area contributed by atoms with Crippen LogP contribution >= 0.6 is 0 Å². The van der Waals surface area contributed by atoms with E-state index in [1.165, 1.54) is 11.1 Å². The van der Waals surface area contributed by atoms with Gasteiger partial charge in [-0.15, -0.1) is 0 Å². The third kappa shape index (κ3) is 4.18. The van der Waals surface area contributed by atoms with Gasteiger partial charge < -0.3 is 14.6 Å². The van der Waals surface area contributed by atoms with Crippen molar-refractivity contribution in [3.63, 3.8) is 0 Å². The van der Waals surface area contributed by atoms with Crippen LogP contribution in [0.15, 0.2) is 29.5 Å². The molecule has 0 radical (unpaired) electrons. The standard InChI is InChI=1S/C18H25NO3/c1-12(2)6-5-7-13(3)8-9-21-18-16-15(11-22-18)10-19-14(4)17(16)20/h6,8,10,18,20H,5,7,9,11H2,1-4H3. The summed E-state index contributed by atoms with van der Waals surface area (Å²) in [5.74, 6) is 0.184. The molecule has 0 saturated carbocycles. The molecule has 1 aromatic rings. The number of nitrogens with zero attached hydrogens (tertiary/aromatic N) is 1. The number of pyridine rings is 1. The maximum absolute atomic E-state index is 10.1. The van der Waals surface area contributed by atoms with Crippen LogP contribution in [0.5, 0.6) is 5.75 Å². The van der Waals surface area contributed by atoms with E-state index in [1.807, 2.05) is 0 Å². The Balaban J connectivity index is 1.90. The summed E-state index contributed by atoms with van der Waals surface area (Å²) < 4.78 is 11.4. The molecule has 0 spiro atoms. The highest BCUT2D eigenvalue weighted by molar-refractivity contribution is 5.43. The number of hydrogen-bond acceptors (Lipinski definition) is 4. The molecule has 0 amide bonds. The number of allylic oxidation sites excluding steroid dienone is 3. The zero-order chi connectivity index (χ0) is 16.1. The maximum atomic E-state index is 10.1. The Morgan fingerprint density at radius 1 is 1.41 bits per heavy atom. The van der Waals surface area contributed by atoms with Gasteiger partial charge in [0.05, 0.1) is 24.5 Å². The highest BCUT2D eigenvalue weighted by Gasteiger charge is 2.28. The average molecular weight is 303 g/mol.